The third-order valence-electron chi connectivity index (χ3n) is 5.43. The van der Waals surface area contributed by atoms with E-state index >= 15 is 0 Å². The number of nitrogens with two attached hydrogens (primary N) is 1. The lowest BCUT2D eigenvalue weighted by Crippen LogP contribution is -2.51. The van der Waals surface area contributed by atoms with Gasteiger partial charge in [0.2, 0.25) is 0 Å². The van der Waals surface area contributed by atoms with Gasteiger partial charge in [-0.1, -0.05) is 30.3 Å². The minimum Gasteiger partial charge on any atom is -0.392 e. The van der Waals surface area contributed by atoms with Gasteiger partial charge in [-0.15, -0.1) is 0 Å². The third kappa shape index (κ3) is 3.47. The van der Waals surface area contributed by atoms with Gasteiger partial charge in [-0.2, -0.15) is 0 Å². The zero-order valence-corrected chi connectivity index (χ0v) is 12.8. The number of piperidine rings is 1. The number of aliphatic hydroxyl groups is 1. The number of likely N-dealkylation sites (tertiary alicyclic amines) is 1. The fraction of sp³-hybridized carbons (Fsp3) is 0.667. The van der Waals surface area contributed by atoms with Crippen molar-refractivity contribution in [3.63, 3.8) is 0 Å². The topological polar surface area (TPSA) is 49.5 Å². The monoisotopic (exact) mass is 288 g/mol. The maximum Gasteiger partial charge on any atom is 0.0667 e. The summed E-state index contributed by atoms with van der Waals surface area (Å²) in [5.74, 6) is 1.24. The molecule has 2 aliphatic rings. The second-order valence-corrected chi connectivity index (χ2v) is 6.77. The van der Waals surface area contributed by atoms with E-state index in [2.05, 4.69) is 35.2 Å². The van der Waals surface area contributed by atoms with Gasteiger partial charge in [0.15, 0.2) is 0 Å². The molecule has 3 rings (SSSR count). The predicted octanol–water partition coefficient (Wildman–Crippen LogP) is 2.35. The highest BCUT2D eigenvalue weighted by atomic mass is 16.3. The highest BCUT2D eigenvalue weighted by Gasteiger charge is 2.35. The average Bonchev–Trinajstić information content (AvgIpc) is 2.55. The van der Waals surface area contributed by atoms with Crippen molar-refractivity contribution in [2.45, 2.75) is 50.2 Å². The first-order chi connectivity index (χ1) is 10.3. The molecule has 1 aromatic carbocycles. The number of hydrogen-bond donors (Lipinski definition) is 2. The van der Waals surface area contributed by atoms with Gasteiger partial charge in [-0.05, 0) is 62.6 Å². The number of benzene rings is 1. The Balaban J connectivity index is 1.72. The van der Waals surface area contributed by atoms with Crippen LogP contribution in [0.15, 0.2) is 30.3 Å². The SMILES string of the molecule is NCC1CCC(c2ccccc2)CC1N1CCCC(O)C1. The van der Waals surface area contributed by atoms with Crippen molar-refractivity contribution in [2.24, 2.45) is 11.7 Å². The zero-order valence-electron chi connectivity index (χ0n) is 12.8. The molecule has 0 aromatic heterocycles. The molecule has 3 nitrogen and oxygen atoms in total. The van der Waals surface area contributed by atoms with Crippen molar-refractivity contribution in [1.82, 2.24) is 4.90 Å². The summed E-state index contributed by atoms with van der Waals surface area (Å²) < 4.78 is 0. The Hall–Kier alpha value is -0.900. The van der Waals surface area contributed by atoms with E-state index in [1.165, 1.54) is 24.8 Å². The van der Waals surface area contributed by atoms with Gasteiger partial charge in [0, 0.05) is 12.6 Å². The summed E-state index contributed by atoms with van der Waals surface area (Å²) in [5, 5.41) is 9.98. The van der Waals surface area contributed by atoms with Gasteiger partial charge in [0.05, 0.1) is 6.10 Å². The first-order valence-corrected chi connectivity index (χ1v) is 8.45. The molecule has 1 aliphatic carbocycles. The van der Waals surface area contributed by atoms with Crippen LogP contribution < -0.4 is 5.73 Å². The predicted molar refractivity (Wildman–Crippen MR) is 86.2 cm³/mol. The molecule has 1 aliphatic heterocycles. The molecule has 21 heavy (non-hydrogen) atoms. The molecule has 1 saturated heterocycles. The number of rotatable bonds is 3. The summed E-state index contributed by atoms with van der Waals surface area (Å²) in [4.78, 5) is 2.51. The molecule has 0 radical (unpaired) electrons. The largest absolute Gasteiger partial charge is 0.392 e. The number of aliphatic hydroxyl groups excluding tert-OH is 1. The molecule has 3 heteroatoms. The van der Waals surface area contributed by atoms with E-state index in [-0.39, 0.29) is 6.10 Å². The van der Waals surface area contributed by atoms with E-state index < -0.39 is 0 Å². The van der Waals surface area contributed by atoms with E-state index in [4.69, 9.17) is 5.73 Å². The third-order valence-corrected chi connectivity index (χ3v) is 5.43. The highest BCUT2D eigenvalue weighted by Crippen LogP contribution is 2.38. The molecule has 2 fully saturated rings. The lowest BCUT2D eigenvalue weighted by atomic mass is 9.74. The summed E-state index contributed by atoms with van der Waals surface area (Å²) in [5.41, 5.74) is 7.50. The van der Waals surface area contributed by atoms with Crippen LogP contribution in [0.4, 0.5) is 0 Å². The van der Waals surface area contributed by atoms with Crippen LogP contribution in [-0.4, -0.2) is 41.8 Å². The number of hydrogen-bond acceptors (Lipinski definition) is 3. The van der Waals surface area contributed by atoms with Crippen LogP contribution in [-0.2, 0) is 0 Å². The van der Waals surface area contributed by atoms with Gasteiger partial charge in [-0.3, -0.25) is 4.90 Å². The molecule has 3 N–H and O–H groups in total. The maximum absolute atomic E-state index is 9.98. The smallest absolute Gasteiger partial charge is 0.0667 e. The van der Waals surface area contributed by atoms with Crippen LogP contribution in [0.2, 0.25) is 0 Å². The van der Waals surface area contributed by atoms with E-state index in [9.17, 15) is 5.11 Å². The summed E-state index contributed by atoms with van der Waals surface area (Å²) in [7, 11) is 0. The molecular weight excluding hydrogens is 260 g/mol. The average molecular weight is 288 g/mol. The van der Waals surface area contributed by atoms with Crippen LogP contribution in [0.25, 0.3) is 0 Å². The second kappa shape index (κ2) is 6.91. The van der Waals surface area contributed by atoms with Gasteiger partial charge in [0.25, 0.3) is 0 Å². The standard InChI is InChI=1S/C18H28N2O/c19-12-16-9-8-15(14-5-2-1-3-6-14)11-18(16)20-10-4-7-17(21)13-20/h1-3,5-6,15-18,21H,4,7-13,19H2. The highest BCUT2D eigenvalue weighted by molar-refractivity contribution is 5.20. The van der Waals surface area contributed by atoms with Crippen LogP contribution in [0, 0.1) is 5.92 Å². The quantitative estimate of drug-likeness (QED) is 0.897. The normalized spacial score (nSPS) is 34.8. The Morgan fingerprint density at radius 3 is 2.67 bits per heavy atom. The number of nitrogens with zero attached hydrogens (tertiary/aromatic N) is 1. The van der Waals surface area contributed by atoms with Crippen molar-refractivity contribution in [3.8, 4) is 0 Å². The molecule has 4 unspecified atom stereocenters. The van der Waals surface area contributed by atoms with E-state index in [1.807, 2.05) is 0 Å². The fourth-order valence-electron chi connectivity index (χ4n) is 4.24. The summed E-state index contributed by atoms with van der Waals surface area (Å²) in [6.07, 6.45) is 5.59. The Morgan fingerprint density at radius 1 is 1.14 bits per heavy atom. The molecule has 4 atom stereocenters. The lowest BCUT2D eigenvalue weighted by molar-refractivity contribution is 0.0145. The molecular formula is C18H28N2O. The van der Waals surface area contributed by atoms with Crippen molar-refractivity contribution in [2.75, 3.05) is 19.6 Å². The van der Waals surface area contributed by atoms with Crippen molar-refractivity contribution in [3.05, 3.63) is 35.9 Å². The summed E-state index contributed by atoms with van der Waals surface area (Å²) in [6, 6.07) is 11.4. The van der Waals surface area contributed by atoms with E-state index in [0.717, 1.165) is 32.5 Å². The fourth-order valence-corrected chi connectivity index (χ4v) is 4.24. The Labute approximate surface area is 128 Å². The van der Waals surface area contributed by atoms with Crippen LogP contribution in [0.5, 0.6) is 0 Å². The van der Waals surface area contributed by atoms with E-state index in [0.29, 0.717) is 17.9 Å². The van der Waals surface area contributed by atoms with Crippen molar-refractivity contribution >= 4 is 0 Å². The van der Waals surface area contributed by atoms with Crippen molar-refractivity contribution < 1.29 is 5.11 Å². The van der Waals surface area contributed by atoms with Crippen LogP contribution in [0.1, 0.15) is 43.6 Å². The molecule has 1 heterocycles. The van der Waals surface area contributed by atoms with Crippen LogP contribution in [0.3, 0.4) is 0 Å². The minimum atomic E-state index is -0.144. The molecule has 1 aromatic rings. The first-order valence-electron chi connectivity index (χ1n) is 8.45. The van der Waals surface area contributed by atoms with Gasteiger partial charge in [0.1, 0.15) is 0 Å². The summed E-state index contributed by atoms with van der Waals surface area (Å²) >= 11 is 0. The maximum atomic E-state index is 9.98. The molecule has 0 bridgehead atoms. The van der Waals surface area contributed by atoms with E-state index in [1.54, 1.807) is 0 Å². The molecule has 0 amide bonds. The molecule has 1 saturated carbocycles. The second-order valence-electron chi connectivity index (χ2n) is 6.77. The Morgan fingerprint density at radius 2 is 1.95 bits per heavy atom. The molecule has 116 valence electrons. The number of β-amino-alcohol motifs (C(OH)–C–C–N with tert-alkyl or cyclic N) is 1. The Kier molecular flexibility index (Phi) is 4.94. The lowest BCUT2D eigenvalue weighted by Gasteiger charge is -2.45. The zero-order chi connectivity index (χ0) is 14.7. The Bertz CT molecular complexity index is 436. The minimum absolute atomic E-state index is 0.144. The molecule has 0 spiro atoms. The van der Waals surface area contributed by atoms with Gasteiger partial charge >= 0.3 is 0 Å². The van der Waals surface area contributed by atoms with Gasteiger partial charge in [-0.25, -0.2) is 0 Å². The first kappa shape index (κ1) is 15.0. The van der Waals surface area contributed by atoms with Crippen molar-refractivity contribution in [1.29, 1.82) is 0 Å². The van der Waals surface area contributed by atoms with Crippen LogP contribution >= 0.6 is 0 Å². The summed E-state index contributed by atoms with van der Waals surface area (Å²) in [6.45, 7) is 2.74. The van der Waals surface area contributed by atoms with Gasteiger partial charge < -0.3 is 10.8 Å².